The van der Waals surface area contributed by atoms with Gasteiger partial charge in [-0.3, -0.25) is 4.79 Å². The third-order valence-electron chi connectivity index (χ3n) is 4.18. The quantitative estimate of drug-likeness (QED) is 0.687. The fourth-order valence-corrected chi connectivity index (χ4v) is 3.02. The summed E-state index contributed by atoms with van der Waals surface area (Å²) in [6.45, 7) is 2.18. The second-order valence-electron chi connectivity index (χ2n) is 5.90. The van der Waals surface area contributed by atoms with Crippen molar-refractivity contribution in [1.29, 1.82) is 0 Å². The number of aromatic nitrogens is 1. The number of hydrogen-bond donors (Lipinski definition) is 2. The van der Waals surface area contributed by atoms with Crippen LogP contribution in [0.2, 0.25) is 0 Å². The van der Waals surface area contributed by atoms with Gasteiger partial charge in [0, 0.05) is 10.9 Å². The van der Waals surface area contributed by atoms with Crippen molar-refractivity contribution in [3.05, 3.63) is 59.7 Å². The summed E-state index contributed by atoms with van der Waals surface area (Å²) in [5, 5.41) is 10.3. The van der Waals surface area contributed by atoms with Gasteiger partial charge >= 0.3 is 5.97 Å². The number of nitrogens with one attached hydrogen (secondary N) is 1. The maximum Gasteiger partial charge on any atom is 0.307 e. The van der Waals surface area contributed by atoms with Crippen LogP contribution in [-0.4, -0.2) is 16.1 Å². The summed E-state index contributed by atoms with van der Waals surface area (Å²) in [7, 11) is 0. The molecule has 0 aliphatic carbocycles. The molecule has 3 heteroatoms. The van der Waals surface area contributed by atoms with Crippen LogP contribution in [0.3, 0.4) is 0 Å². The van der Waals surface area contributed by atoms with Crippen LogP contribution in [0.1, 0.15) is 30.9 Å². The average Bonchev–Trinajstić information content (AvgIpc) is 2.91. The zero-order chi connectivity index (χ0) is 16.2. The van der Waals surface area contributed by atoms with Gasteiger partial charge in [-0.1, -0.05) is 49.7 Å². The summed E-state index contributed by atoms with van der Waals surface area (Å²) in [4.78, 5) is 14.7. The molecule has 0 amide bonds. The van der Waals surface area contributed by atoms with Gasteiger partial charge in [0.05, 0.1) is 12.1 Å². The fourth-order valence-electron chi connectivity index (χ4n) is 3.02. The first-order chi connectivity index (χ1) is 11.2. The topological polar surface area (TPSA) is 53.1 Å². The summed E-state index contributed by atoms with van der Waals surface area (Å²) in [5.74, 6) is -0.804. The highest BCUT2D eigenvalue weighted by atomic mass is 16.4. The SMILES string of the molecule is CCCCc1ccc2[nH]c(-c3ccccc3)c(CC(=O)O)c2c1. The monoisotopic (exact) mass is 307 g/mol. The number of carbonyl (C=O) groups is 1. The Labute approximate surface area is 136 Å². The van der Waals surface area contributed by atoms with Crippen molar-refractivity contribution >= 4 is 16.9 Å². The lowest BCUT2D eigenvalue weighted by atomic mass is 10.00. The van der Waals surface area contributed by atoms with E-state index in [4.69, 9.17) is 0 Å². The van der Waals surface area contributed by atoms with Crippen LogP contribution in [0.25, 0.3) is 22.2 Å². The minimum atomic E-state index is -0.804. The van der Waals surface area contributed by atoms with Crippen molar-refractivity contribution in [2.24, 2.45) is 0 Å². The van der Waals surface area contributed by atoms with E-state index in [1.165, 1.54) is 5.56 Å². The van der Waals surface area contributed by atoms with Gasteiger partial charge in [-0.2, -0.15) is 0 Å². The van der Waals surface area contributed by atoms with Crippen molar-refractivity contribution in [3.8, 4) is 11.3 Å². The zero-order valence-electron chi connectivity index (χ0n) is 13.3. The first-order valence-electron chi connectivity index (χ1n) is 8.09. The van der Waals surface area contributed by atoms with Gasteiger partial charge in [0.25, 0.3) is 0 Å². The molecule has 0 saturated heterocycles. The molecule has 0 saturated carbocycles. The number of benzene rings is 2. The van der Waals surface area contributed by atoms with E-state index in [0.717, 1.165) is 47.0 Å². The number of aromatic amines is 1. The second kappa shape index (κ2) is 6.69. The highest BCUT2D eigenvalue weighted by molar-refractivity contribution is 5.94. The van der Waals surface area contributed by atoms with Gasteiger partial charge < -0.3 is 10.1 Å². The third-order valence-corrected chi connectivity index (χ3v) is 4.18. The Bertz CT molecular complexity index is 818. The molecule has 0 bridgehead atoms. The lowest BCUT2D eigenvalue weighted by Gasteiger charge is -2.04. The molecule has 1 aromatic heterocycles. The third kappa shape index (κ3) is 3.29. The fraction of sp³-hybridized carbons (Fsp3) is 0.250. The molecule has 1 heterocycles. The van der Waals surface area contributed by atoms with Crippen molar-refractivity contribution in [1.82, 2.24) is 4.98 Å². The van der Waals surface area contributed by atoms with Gasteiger partial charge in [0.1, 0.15) is 0 Å². The van der Waals surface area contributed by atoms with E-state index in [9.17, 15) is 9.90 Å². The maximum atomic E-state index is 11.3. The molecule has 0 atom stereocenters. The number of hydrogen-bond acceptors (Lipinski definition) is 1. The van der Waals surface area contributed by atoms with Gasteiger partial charge in [-0.25, -0.2) is 0 Å². The number of fused-ring (bicyclic) bond motifs is 1. The van der Waals surface area contributed by atoms with E-state index in [-0.39, 0.29) is 6.42 Å². The van der Waals surface area contributed by atoms with Crippen molar-refractivity contribution in [3.63, 3.8) is 0 Å². The lowest BCUT2D eigenvalue weighted by Crippen LogP contribution is -2.01. The minimum absolute atomic E-state index is 0.0292. The van der Waals surface area contributed by atoms with E-state index < -0.39 is 5.97 Å². The van der Waals surface area contributed by atoms with E-state index in [1.807, 2.05) is 30.3 Å². The number of carboxylic acid groups (broad SMARTS) is 1. The van der Waals surface area contributed by atoms with Crippen LogP contribution < -0.4 is 0 Å². The molecule has 0 aliphatic rings. The number of rotatable bonds is 6. The van der Waals surface area contributed by atoms with Crippen molar-refractivity contribution < 1.29 is 9.90 Å². The Hall–Kier alpha value is -2.55. The van der Waals surface area contributed by atoms with E-state index in [1.54, 1.807) is 0 Å². The minimum Gasteiger partial charge on any atom is -0.481 e. The average molecular weight is 307 g/mol. The Morgan fingerprint density at radius 1 is 1.13 bits per heavy atom. The highest BCUT2D eigenvalue weighted by Gasteiger charge is 2.16. The Kier molecular flexibility index (Phi) is 4.47. The van der Waals surface area contributed by atoms with Crippen molar-refractivity contribution in [2.45, 2.75) is 32.6 Å². The molecular formula is C20H21NO2. The molecule has 0 radical (unpaired) electrons. The van der Waals surface area contributed by atoms with Gasteiger partial charge in [0.2, 0.25) is 0 Å². The molecule has 0 fully saturated rings. The standard InChI is InChI=1S/C20H21NO2/c1-2-3-7-14-10-11-18-16(12-14)17(13-19(22)23)20(21-18)15-8-5-4-6-9-15/h4-6,8-12,21H,2-3,7,13H2,1H3,(H,22,23). The summed E-state index contributed by atoms with van der Waals surface area (Å²) in [5.41, 5.74) is 5.08. The molecule has 0 unspecified atom stereocenters. The number of aliphatic carboxylic acids is 1. The molecular weight excluding hydrogens is 286 g/mol. The smallest absolute Gasteiger partial charge is 0.307 e. The zero-order valence-corrected chi connectivity index (χ0v) is 13.3. The Balaban J connectivity index is 2.14. The molecule has 2 N–H and O–H groups in total. The van der Waals surface area contributed by atoms with Gasteiger partial charge in [-0.15, -0.1) is 0 Å². The molecule has 118 valence electrons. The van der Waals surface area contributed by atoms with Crippen LogP contribution in [0.4, 0.5) is 0 Å². The van der Waals surface area contributed by atoms with Crippen LogP contribution in [0.15, 0.2) is 48.5 Å². The molecule has 0 aliphatic heterocycles. The molecule has 3 rings (SSSR count). The predicted octanol–water partition coefficient (Wildman–Crippen LogP) is 4.80. The first kappa shape index (κ1) is 15.3. The molecule has 23 heavy (non-hydrogen) atoms. The van der Waals surface area contributed by atoms with Crippen LogP contribution >= 0.6 is 0 Å². The van der Waals surface area contributed by atoms with E-state index >= 15 is 0 Å². The summed E-state index contributed by atoms with van der Waals surface area (Å²) >= 11 is 0. The molecule has 2 aromatic carbocycles. The Morgan fingerprint density at radius 2 is 1.91 bits per heavy atom. The first-order valence-corrected chi connectivity index (χ1v) is 8.09. The second-order valence-corrected chi connectivity index (χ2v) is 5.90. The van der Waals surface area contributed by atoms with Gasteiger partial charge in [0.15, 0.2) is 0 Å². The number of unbranched alkanes of at least 4 members (excludes halogenated alkanes) is 1. The summed E-state index contributed by atoms with van der Waals surface area (Å²) in [6, 6.07) is 16.3. The summed E-state index contributed by atoms with van der Waals surface area (Å²) in [6.07, 6.45) is 3.37. The highest BCUT2D eigenvalue weighted by Crippen LogP contribution is 2.31. The maximum absolute atomic E-state index is 11.3. The van der Waals surface area contributed by atoms with Crippen LogP contribution in [0, 0.1) is 0 Å². The molecule has 0 spiro atoms. The molecule has 3 nitrogen and oxygen atoms in total. The predicted molar refractivity (Wildman–Crippen MR) is 93.7 cm³/mol. The number of aryl methyl sites for hydroxylation is 1. The van der Waals surface area contributed by atoms with Crippen LogP contribution in [0.5, 0.6) is 0 Å². The number of H-pyrrole nitrogens is 1. The Morgan fingerprint density at radius 3 is 2.61 bits per heavy atom. The molecule has 3 aromatic rings. The largest absolute Gasteiger partial charge is 0.481 e. The van der Waals surface area contributed by atoms with Crippen LogP contribution in [-0.2, 0) is 17.6 Å². The van der Waals surface area contributed by atoms with E-state index in [2.05, 4.69) is 30.1 Å². The van der Waals surface area contributed by atoms with Crippen molar-refractivity contribution in [2.75, 3.05) is 0 Å². The van der Waals surface area contributed by atoms with Gasteiger partial charge in [-0.05, 0) is 41.7 Å². The lowest BCUT2D eigenvalue weighted by molar-refractivity contribution is -0.136. The summed E-state index contributed by atoms with van der Waals surface area (Å²) < 4.78 is 0. The van der Waals surface area contributed by atoms with E-state index in [0.29, 0.717) is 0 Å². The number of carboxylic acids is 1. The normalized spacial score (nSPS) is 11.0.